The molecule has 2 amide bonds. The van der Waals surface area contributed by atoms with E-state index in [1.165, 1.54) is 18.6 Å². The molecule has 0 heterocycles. The summed E-state index contributed by atoms with van der Waals surface area (Å²) in [5.74, 6) is 0.208. The molecule has 0 fully saturated rings. The lowest BCUT2D eigenvalue weighted by atomic mass is 10.2. The average Bonchev–Trinajstić information content (AvgIpc) is 2.37. The second kappa shape index (κ2) is 12.1. The zero-order valence-electron chi connectivity index (χ0n) is 11.9. The number of urea groups is 1. The minimum absolute atomic E-state index is 0.384. The van der Waals surface area contributed by atoms with Crippen LogP contribution in [-0.2, 0) is 4.79 Å². The van der Waals surface area contributed by atoms with Gasteiger partial charge in [0.15, 0.2) is 0 Å². The Kier molecular flexibility index (Phi) is 11.6. The zero-order chi connectivity index (χ0) is 14.5. The van der Waals surface area contributed by atoms with E-state index in [4.69, 9.17) is 5.11 Å². The topological polar surface area (TPSA) is 78.4 Å². The van der Waals surface area contributed by atoms with Crippen LogP contribution < -0.4 is 10.6 Å². The number of carbonyl (C=O) groups is 2. The molecule has 0 spiro atoms. The van der Waals surface area contributed by atoms with Gasteiger partial charge in [0.2, 0.25) is 0 Å². The van der Waals surface area contributed by atoms with Gasteiger partial charge in [-0.15, -0.1) is 0 Å². The van der Waals surface area contributed by atoms with Crippen LogP contribution in [0.15, 0.2) is 0 Å². The first kappa shape index (κ1) is 18.1. The van der Waals surface area contributed by atoms with Crippen molar-refractivity contribution in [3.05, 3.63) is 0 Å². The fourth-order valence-electron chi connectivity index (χ4n) is 1.68. The summed E-state index contributed by atoms with van der Waals surface area (Å²) in [6.07, 6.45) is 7.71. The first-order valence-electron chi connectivity index (χ1n) is 6.88. The van der Waals surface area contributed by atoms with E-state index in [1.807, 2.05) is 18.7 Å². The molecule has 0 unspecified atom stereocenters. The van der Waals surface area contributed by atoms with Crippen molar-refractivity contribution in [2.45, 2.75) is 51.5 Å². The molecule has 0 aliphatic heterocycles. The Balaban J connectivity index is 3.60. The number of carboxylic acids is 1. The van der Waals surface area contributed by atoms with Crippen LogP contribution in [0, 0.1) is 0 Å². The number of rotatable bonds is 11. The maximum absolute atomic E-state index is 11.5. The molecule has 0 aliphatic carbocycles. The van der Waals surface area contributed by atoms with Gasteiger partial charge in [0, 0.05) is 6.54 Å². The van der Waals surface area contributed by atoms with Crippen LogP contribution in [0.2, 0.25) is 0 Å². The number of thioether (sulfide) groups is 1. The van der Waals surface area contributed by atoms with Crippen LogP contribution in [0.4, 0.5) is 4.79 Å². The molecule has 0 saturated carbocycles. The van der Waals surface area contributed by atoms with Gasteiger partial charge < -0.3 is 15.7 Å². The molecule has 0 aromatic rings. The molecule has 0 rings (SSSR count). The minimum Gasteiger partial charge on any atom is -0.480 e. The van der Waals surface area contributed by atoms with Crippen LogP contribution in [0.3, 0.4) is 0 Å². The molecule has 0 aliphatic rings. The summed E-state index contributed by atoms with van der Waals surface area (Å²) in [6.45, 7) is 2.49. The lowest BCUT2D eigenvalue weighted by molar-refractivity contribution is -0.139. The lowest BCUT2D eigenvalue weighted by Crippen LogP contribution is -2.46. The number of nitrogens with one attached hydrogen (secondary N) is 2. The monoisotopic (exact) mass is 290 g/mol. The summed E-state index contributed by atoms with van der Waals surface area (Å²) in [7, 11) is 0. The van der Waals surface area contributed by atoms with Crippen molar-refractivity contribution in [2.24, 2.45) is 0 Å². The summed E-state index contributed by atoms with van der Waals surface area (Å²) in [4.78, 5) is 22.3. The van der Waals surface area contributed by atoms with E-state index in [-0.39, 0.29) is 6.03 Å². The van der Waals surface area contributed by atoms with Crippen molar-refractivity contribution < 1.29 is 14.7 Å². The second-order valence-electron chi connectivity index (χ2n) is 4.49. The van der Waals surface area contributed by atoms with Crippen LogP contribution in [0.1, 0.15) is 45.4 Å². The van der Waals surface area contributed by atoms with Crippen LogP contribution in [0.5, 0.6) is 0 Å². The Morgan fingerprint density at radius 1 is 1.21 bits per heavy atom. The third-order valence-electron chi connectivity index (χ3n) is 2.74. The number of carbonyl (C=O) groups excluding carboxylic acids is 1. The summed E-state index contributed by atoms with van der Waals surface area (Å²) < 4.78 is 0. The quantitative estimate of drug-likeness (QED) is 0.511. The van der Waals surface area contributed by atoms with Gasteiger partial charge in [0.1, 0.15) is 6.04 Å². The molecule has 1 atom stereocenters. The molecule has 5 nitrogen and oxygen atoms in total. The predicted octanol–water partition coefficient (Wildman–Crippen LogP) is 2.46. The SMILES string of the molecule is CCC[C@H](NC(=O)NCCCCCCSC)C(=O)O. The standard InChI is InChI=1S/C13H26N2O3S/c1-3-8-11(12(16)17)15-13(18)14-9-6-4-5-7-10-19-2/h11H,3-10H2,1-2H3,(H,16,17)(H2,14,15,18)/t11-/m0/s1. The summed E-state index contributed by atoms with van der Waals surface area (Å²) >= 11 is 1.85. The highest BCUT2D eigenvalue weighted by molar-refractivity contribution is 7.98. The summed E-state index contributed by atoms with van der Waals surface area (Å²) in [6, 6.07) is -1.17. The molecule has 19 heavy (non-hydrogen) atoms. The van der Waals surface area contributed by atoms with E-state index in [0.717, 1.165) is 19.3 Å². The average molecular weight is 290 g/mol. The summed E-state index contributed by atoms with van der Waals surface area (Å²) in [5, 5.41) is 14.1. The van der Waals surface area contributed by atoms with E-state index < -0.39 is 12.0 Å². The van der Waals surface area contributed by atoms with Gasteiger partial charge in [0.05, 0.1) is 0 Å². The first-order chi connectivity index (χ1) is 9.11. The van der Waals surface area contributed by atoms with Gasteiger partial charge in [0.25, 0.3) is 0 Å². The largest absolute Gasteiger partial charge is 0.480 e. The maximum Gasteiger partial charge on any atom is 0.326 e. The van der Waals surface area contributed by atoms with Crippen molar-refractivity contribution in [2.75, 3.05) is 18.6 Å². The van der Waals surface area contributed by atoms with Crippen molar-refractivity contribution >= 4 is 23.8 Å². The van der Waals surface area contributed by atoms with Crippen molar-refractivity contribution in [1.29, 1.82) is 0 Å². The minimum atomic E-state index is -0.978. The second-order valence-corrected chi connectivity index (χ2v) is 5.47. The Bertz CT molecular complexity index is 262. The third-order valence-corrected chi connectivity index (χ3v) is 3.44. The fourth-order valence-corrected chi connectivity index (χ4v) is 2.18. The van der Waals surface area contributed by atoms with Gasteiger partial charge in [-0.3, -0.25) is 0 Å². The van der Waals surface area contributed by atoms with E-state index in [0.29, 0.717) is 13.0 Å². The highest BCUT2D eigenvalue weighted by Gasteiger charge is 2.18. The molecule has 0 aromatic carbocycles. The predicted molar refractivity (Wildman–Crippen MR) is 79.7 cm³/mol. The van der Waals surface area contributed by atoms with Crippen LogP contribution >= 0.6 is 11.8 Å². The molecule has 3 N–H and O–H groups in total. The smallest absolute Gasteiger partial charge is 0.326 e. The highest BCUT2D eigenvalue weighted by Crippen LogP contribution is 2.03. The van der Waals surface area contributed by atoms with Crippen molar-refractivity contribution in [3.63, 3.8) is 0 Å². The highest BCUT2D eigenvalue weighted by atomic mass is 32.2. The van der Waals surface area contributed by atoms with E-state index in [1.54, 1.807) is 0 Å². The van der Waals surface area contributed by atoms with E-state index >= 15 is 0 Å². The first-order valence-corrected chi connectivity index (χ1v) is 8.27. The zero-order valence-corrected chi connectivity index (χ0v) is 12.7. The Labute approximate surface area is 119 Å². The van der Waals surface area contributed by atoms with E-state index in [9.17, 15) is 9.59 Å². The van der Waals surface area contributed by atoms with Crippen molar-refractivity contribution in [3.8, 4) is 0 Å². The van der Waals surface area contributed by atoms with Gasteiger partial charge in [-0.25, -0.2) is 9.59 Å². The molecule has 0 radical (unpaired) electrons. The van der Waals surface area contributed by atoms with Gasteiger partial charge in [-0.05, 0) is 31.3 Å². The van der Waals surface area contributed by atoms with Gasteiger partial charge >= 0.3 is 12.0 Å². The normalized spacial score (nSPS) is 11.9. The molecule has 6 heteroatoms. The van der Waals surface area contributed by atoms with E-state index in [2.05, 4.69) is 16.9 Å². The van der Waals surface area contributed by atoms with Gasteiger partial charge in [-0.1, -0.05) is 26.2 Å². The molecule has 112 valence electrons. The number of aliphatic carboxylic acids is 1. The Morgan fingerprint density at radius 3 is 2.47 bits per heavy atom. The maximum atomic E-state index is 11.5. The molecular weight excluding hydrogens is 264 g/mol. The van der Waals surface area contributed by atoms with Crippen LogP contribution in [-0.4, -0.2) is 41.7 Å². The Morgan fingerprint density at radius 2 is 1.89 bits per heavy atom. The molecule has 0 bridgehead atoms. The number of unbranched alkanes of at least 4 members (excludes halogenated alkanes) is 3. The fraction of sp³-hybridized carbons (Fsp3) is 0.846. The lowest BCUT2D eigenvalue weighted by Gasteiger charge is -2.14. The number of amides is 2. The summed E-state index contributed by atoms with van der Waals surface area (Å²) in [5.41, 5.74) is 0. The Hall–Kier alpha value is -0.910. The number of hydrogen-bond acceptors (Lipinski definition) is 3. The van der Waals surface area contributed by atoms with Gasteiger partial charge in [-0.2, -0.15) is 11.8 Å². The number of hydrogen-bond donors (Lipinski definition) is 3. The molecule has 0 saturated heterocycles. The number of carboxylic acid groups (broad SMARTS) is 1. The third kappa shape index (κ3) is 10.7. The molecular formula is C13H26N2O3S. The molecule has 0 aromatic heterocycles. The van der Waals surface area contributed by atoms with Crippen LogP contribution in [0.25, 0.3) is 0 Å². The van der Waals surface area contributed by atoms with Crippen molar-refractivity contribution in [1.82, 2.24) is 10.6 Å².